The molecule has 14 heteroatoms. The van der Waals surface area contributed by atoms with Gasteiger partial charge in [-0.15, -0.1) is 0 Å². The number of esters is 1. The van der Waals surface area contributed by atoms with Crippen LogP contribution < -0.4 is 16.0 Å². The van der Waals surface area contributed by atoms with E-state index in [2.05, 4.69) is 30.7 Å². The van der Waals surface area contributed by atoms with Crippen molar-refractivity contribution in [1.29, 1.82) is 0 Å². The van der Waals surface area contributed by atoms with Gasteiger partial charge in [-0.2, -0.15) is 0 Å². The number of carbonyl (C=O) groups is 4. The van der Waals surface area contributed by atoms with E-state index in [0.717, 1.165) is 6.42 Å². The first-order valence-electron chi connectivity index (χ1n) is 13.0. The molecule has 1 aromatic heterocycles. The maximum Gasteiger partial charge on any atom is 0.310 e. The third-order valence-corrected chi connectivity index (χ3v) is 7.08. The Balaban J connectivity index is 1.30. The number of nitrogens with zero attached hydrogens (tertiary/aromatic N) is 3. The quantitative estimate of drug-likeness (QED) is 0.365. The summed E-state index contributed by atoms with van der Waals surface area (Å²) in [6.07, 6.45) is 2.04. The van der Waals surface area contributed by atoms with Gasteiger partial charge in [-0.05, 0) is 31.0 Å². The SMILES string of the molecule is O=C1CC(NC(=O)C2COCC3CCCCC(NC(=O)c4ccnc(Nc5ccccc5F)n4)C(=O)N32)C(O)O1. The molecule has 0 spiro atoms. The second-order valence-corrected chi connectivity index (χ2v) is 9.83. The van der Waals surface area contributed by atoms with Crippen LogP contribution in [0.3, 0.4) is 0 Å². The number of nitrogens with one attached hydrogen (secondary N) is 3. The number of aromatic nitrogens is 2. The summed E-state index contributed by atoms with van der Waals surface area (Å²) in [6, 6.07) is 4.03. The Bertz CT molecular complexity index is 1300. The molecule has 3 amide bonds. The van der Waals surface area contributed by atoms with Crippen molar-refractivity contribution in [2.45, 2.75) is 62.6 Å². The van der Waals surface area contributed by atoms with Crippen LogP contribution in [-0.4, -0.2) is 87.3 Å². The Labute approximate surface area is 228 Å². The molecule has 4 N–H and O–H groups in total. The fraction of sp³-hybridized carbons (Fsp3) is 0.462. The second-order valence-electron chi connectivity index (χ2n) is 9.83. The molecule has 3 fully saturated rings. The molecule has 0 aliphatic carbocycles. The fourth-order valence-corrected chi connectivity index (χ4v) is 5.06. The predicted molar refractivity (Wildman–Crippen MR) is 135 cm³/mol. The monoisotopic (exact) mass is 556 g/mol. The lowest BCUT2D eigenvalue weighted by molar-refractivity contribution is -0.160. The molecule has 0 saturated carbocycles. The van der Waals surface area contributed by atoms with E-state index < -0.39 is 60.0 Å². The zero-order valence-electron chi connectivity index (χ0n) is 21.4. The van der Waals surface area contributed by atoms with Gasteiger partial charge in [0.1, 0.15) is 29.6 Å². The summed E-state index contributed by atoms with van der Waals surface area (Å²) in [5.41, 5.74) is 0.107. The van der Waals surface area contributed by atoms with E-state index in [1.165, 1.54) is 35.4 Å². The summed E-state index contributed by atoms with van der Waals surface area (Å²) >= 11 is 0. The third kappa shape index (κ3) is 6.02. The number of anilines is 2. The van der Waals surface area contributed by atoms with Crippen molar-refractivity contribution >= 4 is 35.3 Å². The van der Waals surface area contributed by atoms with Crippen LogP contribution in [0.15, 0.2) is 36.5 Å². The number of carbonyl (C=O) groups excluding carboxylic acids is 4. The minimum atomic E-state index is -1.47. The molecule has 5 rings (SSSR count). The van der Waals surface area contributed by atoms with Gasteiger partial charge in [-0.25, -0.2) is 14.4 Å². The van der Waals surface area contributed by atoms with E-state index >= 15 is 0 Å². The number of aliphatic hydroxyl groups is 1. The van der Waals surface area contributed by atoms with E-state index in [0.29, 0.717) is 19.3 Å². The normalized spacial score (nSPS) is 26.6. The first kappa shape index (κ1) is 27.4. The molecule has 13 nitrogen and oxygen atoms in total. The van der Waals surface area contributed by atoms with Gasteiger partial charge in [0.2, 0.25) is 24.1 Å². The summed E-state index contributed by atoms with van der Waals surface area (Å²) in [7, 11) is 0. The van der Waals surface area contributed by atoms with Crippen LogP contribution in [0.4, 0.5) is 16.0 Å². The molecule has 5 atom stereocenters. The van der Waals surface area contributed by atoms with E-state index in [4.69, 9.17) is 4.74 Å². The van der Waals surface area contributed by atoms with Gasteiger partial charge in [0.05, 0.1) is 31.4 Å². The highest BCUT2D eigenvalue weighted by atomic mass is 19.1. The highest BCUT2D eigenvalue weighted by Crippen LogP contribution is 2.25. The molecule has 0 bridgehead atoms. The minimum absolute atomic E-state index is 0.00304. The van der Waals surface area contributed by atoms with Crippen molar-refractivity contribution in [2.75, 3.05) is 18.5 Å². The van der Waals surface area contributed by atoms with Crippen LogP contribution in [0.2, 0.25) is 0 Å². The average molecular weight is 557 g/mol. The van der Waals surface area contributed by atoms with Gasteiger partial charge in [0.15, 0.2) is 0 Å². The Hall–Kier alpha value is -4.17. The molecule has 4 heterocycles. The lowest BCUT2D eigenvalue weighted by Crippen LogP contribution is -2.65. The van der Waals surface area contributed by atoms with Gasteiger partial charge in [-0.1, -0.05) is 25.0 Å². The number of ether oxygens (including phenoxy) is 2. The molecule has 40 heavy (non-hydrogen) atoms. The third-order valence-electron chi connectivity index (χ3n) is 7.08. The molecular weight excluding hydrogens is 527 g/mol. The summed E-state index contributed by atoms with van der Waals surface area (Å²) in [5, 5.41) is 17.9. The molecular formula is C26H29FN6O7. The van der Waals surface area contributed by atoms with Crippen LogP contribution in [-0.2, 0) is 23.9 Å². The molecule has 3 aliphatic heterocycles. The Morgan fingerprint density at radius 1 is 1.07 bits per heavy atom. The maximum absolute atomic E-state index is 14.0. The van der Waals surface area contributed by atoms with Crippen molar-refractivity contribution in [2.24, 2.45) is 0 Å². The van der Waals surface area contributed by atoms with Gasteiger partial charge >= 0.3 is 5.97 Å². The summed E-state index contributed by atoms with van der Waals surface area (Å²) in [5.74, 6) is -2.82. The van der Waals surface area contributed by atoms with Crippen LogP contribution in [0.5, 0.6) is 0 Å². The second kappa shape index (κ2) is 11.9. The predicted octanol–water partition coefficient (Wildman–Crippen LogP) is 0.378. The first-order valence-corrected chi connectivity index (χ1v) is 13.0. The summed E-state index contributed by atoms with van der Waals surface area (Å²) < 4.78 is 24.3. The first-order chi connectivity index (χ1) is 19.3. The van der Waals surface area contributed by atoms with E-state index in [1.54, 1.807) is 6.07 Å². The van der Waals surface area contributed by atoms with Crippen molar-refractivity contribution in [3.05, 3.63) is 48.0 Å². The number of rotatable bonds is 6. The maximum atomic E-state index is 14.0. The number of fused-ring (bicyclic) bond motifs is 1. The standard InChI is InChI=1S/C26H29FN6O7/c27-15-6-2-4-7-16(15)31-26-28-10-9-17(32-26)22(35)29-18-8-3-1-5-14-12-39-13-20(33(14)24(18)37)23(36)30-19-11-21(34)40-25(19)38/h2,4,6-7,9-10,14,18-20,25,38H,1,3,5,8,11-13H2,(H,29,35)(H,30,36)(H,28,31,32). The zero-order valence-corrected chi connectivity index (χ0v) is 21.4. The topological polar surface area (TPSA) is 172 Å². The lowest BCUT2D eigenvalue weighted by atomic mass is 9.95. The average Bonchev–Trinajstić information content (AvgIpc) is 3.26. The highest BCUT2D eigenvalue weighted by molar-refractivity contribution is 5.97. The van der Waals surface area contributed by atoms with E-state index in [1.807, 2.05) is 0 Å². The van der Waals surface area contributed by atoms with Crippen molar-refractivity contribution < 1.29 is 38.1 Å². The smallest absolute Gasteiger partial charge is 0.310 e. The number of benzene rings is 1. The number of hydrogen-bond acceptors (Lipinski definition) is 10. The molecule has 5 unspecified atom stereocenters. The van der Waals surface area contributed by atoms with Gasteiger partial charge in [0, 0.05) is 6.20 Å². The van der Waals surface area contributed by atoms with Gasteiger partial charge < -0.3 is 35.4 Å². The zero-order chi connectivity index (χ0) is 28.2. The molecule has 3 aliphatic rings. The fourth-order valence-electron chi connectivity index (χ4n) is 5.06. The highest BCUT2D eigenvalue weighted by Gasteiger charge is 2.44. The minimum Gasteiger partial charge on any atom is -0.434 e. The number of cyclic esters (lactones) is 1. The lowest BCUT2D eigenvalue weighted by Gasteiger charge is -2.44. The van der Waals surface area contributed by atoms with E-state index in [9.17, 15) is 28.7 Å². The summed E-state index contributed by atoms with van der Waals surface area (Å²) in [6.45, 7) is 0.157. The largest absolute Gasteiger partial charge is 0.434 e. The van der Waals surface area contributed by atoms with Gasteiger partial charge in [-0.3, -0.25) is 19.2 Å². The summed E-state index contributed by atoms with van der Waals surface area (Å²) in [4.78, 5) is 61.2. The Kier molecular flexibility index (Phi) is 8.16. The number of aliphatic hydroxyl groups excluding tert-OH is 1. The van der Waals surface area contributed by atoms with Crippen LogP contribution in [0, 0.1) is 5.82 Å². The van der Waals surface area contributed by atoms with Crippen LogP contribution >= 0.6 is 0 Å². The van der Waals surface area contributed by atoms with Crippen LogP contribution in [0.1, 0.15) is 42.6 Å². The molecule has 3 saturated heterocycles. The van der Waals surface area contributed by atoms with E-state index in [-0.39, 0.29) is 37.0 Å². The number of morpholine rings is 1. The van der Waals surface area contributed by atoms with Crippen molar-refractivity contribution in [1.82, 2.24) is 25.5 Å². The molecule has 2 aromatic rings. The van der Waals surface area contributed by atoms with Crippen molar-refractivity contribution in [3.63, 3.8) is 0 Å². The molecule has 0 radical (unpaired) electrons. The van der Waals surface area contributed by atoms with Crippen LogP contribution in [0.25, 0.3) is 0 Å². The van der Waals surface area contributed by atoms with Gasteiger partial charge in [0.25, 0.3) is 5.91 Å². The number of para-hydroxylation sites is 1. The number of halogens is 1. The Morgan fingerprint density at radius 2 is 1.88 bits per heavy atom. The number of hydrogen-bond donors (Lipinski definition) is 4. The Morgan fingerprint density at radius 3 is 2.65 bits per heavy atom. The molecule has 1 aromatic carbocycles. The van der Waals surface area contributed by atoms with Crippen molar-refractivity contribution in [3.8, 4) is 0 Å². The number of amides is 3. The molecule has 212 valence electrons.